The number of rotatable bonds is 2. The zero-order valence-electron chi connectivity index (χ0n) is 13.0. The monoisotopic (exact) mass is 382 g/mol. The van der Waals surface area contributed by atoms with Crippen molar-refractivity contribution in [1.29, 1.82) is 5.26 Å². The second-order valence-corrected chi connectivity index (χ2v) is 6.92. The lowest BCUT2D eigenvalue weighted by Gasteiger charge is -2.08. The maximum absolute atomic E-state index is 12.7. The first kappa shape index (κ1) is 17.5. The van der Waals surface area contributed by atoms with Gasteiger partial charge in [0, 0.05) is 17.3 Å². The molecule has 0 aliphatic rings. The van der Waals surface area contributed by atoms with Gasteiger partial charge in [0.1, 0.15) is 6.07 Å². The number of fused-ring (bicyclic) bond motifs is 1. The average Bonchev–Trinajstić information content (AvgIpc) is 3.00. The minimum Gasteiger partial charge on any atom is -0.290 e. The van der Waals surface area contributed by atoms with E-state index in [1.807, 2.05) is 23.6 Å². The summed E-state index contributed by atoms with van der Waals surface area (Å²) in [4.78, 5) is 9.96. The summed E-state index contributed by atoms with van der Waals surface area (Å²) >= 11 is 7.43. The van der Waals surface area contributed by atoms with Gasteiger partial charge in [-0.2, -0.15) is 18.4 Å². The van der Waals surface area contributed by atoms with Crippen molar-refractivity contribution in [3.05, 3.63) is 51.0 Å². The van der Waals surface area contributed by atoms with Gasteiger partial charge in [0.15, 0.2) is 4.96 Å². The zero-order chi connectivity index (χ0) is 18.4. The quantitative estimate of drug-likeness (QED) is 0.576. The van der Waals surface area contributed by atoms with Gasteiger partial charge in [0.2, 0.25) is 0 Å². The summed E-state index contributed by atoms with van der Waals surface area (Å²) in [6.07, 6.45) is -0.473. The predicted molar refractivity (Wildman–Crippen MR) is 90.3 cm³/mol. The highest BCUT2D eigenvalue weighted by atomic mass is 35.5. The number of aryl methyl sites for hydroxylation is 2. The number of allylic oxidation sites excluding steroid dienone is 1. The predicted octanol–water partition coefficient (Wildman–Crippen LogP) is 5.14. The van der Waals surface area contributed by atoms with Gasteiger partial charge in [-0.3, -0.25) is 9.38 Å². The highest BCUT2D eigenvalue weighted by Gasteiger charge is 2.31. The molecule has 3 aromatic rings. The highest BCUT2D eigenvalue weighted by molar-refractivity contribution is 7.17. The minimum absolute atomic E-state index is 0.00142. The van der Waals surface area contributed by atoms with Crippen LogP contribution < -0.4 is 0 Å². The van der Waals surface area contributed by atoms with Crippen molar-refractivity contribution >= 4 is 39.5 Å². The number of thiazole rings is 1. The van der Waals surface area contributed by atoms with Crippen LogP contribution in [-0.2, 0) is 6.18 Å². The topological polar surface area (TPSA) is 54.0 Å². The number of hydrogen-bond acceptors (Lipinski definition) is 4. The van der Waals surface area contributed by atoms with Gasteiger partial charge < -0.3 is 0 Å². The van der Waals surface area contributed by atoms with E-state index in [0.29, 0.717) is 17.6 Å². The summed E-state index contributed by atoms with van der Waals surface area (Å²) in [7, 11) is 0. The molecule has 0 spiro atoms. The smallest absolute Gasteiger partial charge is 0.290 e. The molecule has 0 saturated carbocycles. The van der Waals surface area contributed by atoms with Crippen LogP contribution in [0.4, 0.5) is 13.2 Å². The summed E-state index contributed by atoms with van der Waals surface area (Å²) in [5.41, 5.74) is 0.455. The number of nitrogens with zero attached hydrogens (tertiary/aromatic N) is 4. The van der Waals surface area contributed by atoms with Crippen molar-refractivity contribution in [2.24, 2.45) is 0 Å². The molecule has 0 aromatic carbocycles. The van der Waals surface area contributed by atoms with Crippen LogP contribution in [0.3, 0.4) is 0 Å². The Morgan fingerprint density at radius 1 is 1.40 bits per heavy atom. The fourth-order valence-electron chi connectivity index (χ4n) is 2.34. The zero-order valence-corrected chi connectivity index (χ0v) is 14.6. The highest BCUT2D eigenvalue weighted by Crippen LogP contribution is 2.33. The van der Waals surface area contributed by atoms with Crippen molar-refractivity contribution in [2.75, 3.05) is 0 Å². The molecule has 3 aromatic heterocycles. The second kappa shape index (κ2) is 6.17. The first-order valence-corrected chi connectivity index (χ1v) is 8.20. The van der Waals surface area contributed by atoms with Crippen LogP contribution in [-0.4, -0.2) is 14.4 Å². The van der Waals surface area contributed by atoms with E-state index in [2.05, 4.69) is 9.97 Å². The molecule has 128 valence electrons. The summed E-state index contributed by atoms with van der Waals surface area (Å²) in [6.45, 7) is 3.72. The van der Waals surface area contributed by atoms with Gasteiger partial charge in [-0.15, -0.1) is 11.3 Å². The van der Waals surface area contributed by atoms with Crippen molar-refractivity contribution in [3.8, 4) is 6.07 Å². The van der Waals surface area contributed by atoms with Crippen LogP contribution in [0.1, 0.15) is 27.5 Å². The van der Waals surface area contributed by atoms with Gasteiger partial charge in [-0.1, -0.05) is 11.6 Å². The van der Waals surface area contributed by atoms with E-state index >= 15 is 0 Å². The molecule has 0 aliphatic carbocycles. The van der Waals surface area contributed by atoms with E-state index in [9.17, 15) is 18.4 Å². The van der Waals surface area contributed by atoms with Crippen molar-refractivity contribution in [2.45, 2.75) is 20.0 Å². The van der Waals surface area contributed by atoms with E-state index in [1.165, 1.54) is 17.4 Å². The Balaban J connectivity index is 2.12. The first-order chi connectivity index (χ1) is 11.7. The van der Waals surface area contributed by atoms with Gasteiger partial charge in [0.25, 0.3) is 0 Å². The minimum atomic E-state index is -4.55. The average molecular weight is 383 g/mol. The molecule has 4 nitrogen and oxygen atoms in total. The molecular formula is C16H10ClF3N4S. The molecule has 0 aliphatic heterocycles. The van der Waals surface area contributed by atoms with E-state index < -0.39 is 11.7 Å². The Labute approximate surface area is 149 Å². The third-order valence-corrected chi connectivity index (χ3v) is 4.67. The largest absolute Gasteiger partial charge is 0.417 e. The summed E-state index contributed by atoms with van der Waals surface area (Å²) in [5, 5.41) is 9.20. The third-order valence-electron chi connectivity index (χ3n) is 3.49. The summed E-state index contributed by atoms with van der Waals surface area (Å²) < 4.78 is 40.0. The molecule has 0 N–H and O–H groups in total. The molecule has 0 atom stereocenters. The standard InChI is InChI=1S/C16H10ClF3N4S/c1-8-7-24-13(9(2)23-15(24)25-8)3-10(5-21)14-12(17)4-11(6-22-14)16(18,19)20/h3-4,6-7H,1-2H3. The van der Waals surface area contributed by atoms with Gasteiger partial charge in [-0.25, -0.2) is 4.98 Å². The van der Waals surface area contributed by atoms with Gasteiger partial charge >= 0.3 is 6.18 Å². The molecule has 25 heavy (non-hydrogen) atoms. The fraction of sp³-hybridized carbons (Fsp3) is 0.188. The molecule has 0 amide bonds. The molecular weight excluding hydrogens is 373 g/mol. The van der Waals surface area contributed by atoms with Crippen molar-refractivity contribution in [3.63, 3.8) is 0 Å². The number of nitriles is 1. The van der Waals surface area contributed by atoms with E-state index in [1.54, 1.807) is 6.92 Å². The number of halogens is 4. The summed E-state index contributed by atoms with van der Waals surface area (Å²) in [5.74, 6) is 0. The number of pyridine rings is 1. The van der Waals surface area contributed by atoms with E-state index in [0.717, 1.165) is 15.9 Å². The van der Waals surface area contributed by atoms with Crippen LogP contribution in [0.2, 0.25) is 5.02 Å². The lowest BCUT2D eigenvalue weighted by molar-refractivity contribution is -0.137. The number of hydrogen-bond donors (Lipinski definition) is 0. The summed E-state index contributed by atoms with van der Waals surface area (Å²) in [6, 6.07) is 2.72. The third kappa shape index (κ3) is 3.25. The van der Waals surface area contributed by atoms with Crippen LogP contribution in [0.5, 0.6) is 0 Å². The van der Waals surface area contributed by atoms with Gasteiger partial charge in [-0.05, 0) is 26.0 Å². The number of aromatic nitrogens is 3. The first-order valence-electron chi connectivity index (χ1n) is 7.00. The number of alkyl halides is 3. The molecule has 9 heteroatoms. The van der Waals surface area contributed by atoms with Crippen molar-refractivity contribution < 1.29 is 13.2 Å². The second-order valence-electron chi connectivity index (χ2n) is 5.30. The van der Waals surface area contributed by atoms with Crippen LogP contribution in [0.25, 0.3) is 16.6 Å². The Morgan fingerprint density at radius 2 is 2.12 bits per heavy atom. The normalized spacial score (nSPS) is 12.6. The molecule has 0 unspecified atom stereocenters. The Hall–Kier alpha value is -2.37. The Bertz CT molecular complexity index is 1040. The molecule has 3 heterocycles. The molecule has 0 fully saturated rings. The van der Waals surface area contributed by atoms with Crippen LogP contribution in [0, 0.1) is 25.2 Å². The molecule has 0 bridgehead atoms. The van der Waals surface area contributed by atoms with Crippen LogP contribution in [0.15, 0.2) is 18.5 Å². The maximum atomic E-state index is 12.7. The van der Waals surface area contributed by atoms with E-state index in [-0.39, 0.29) is 16.3 Å². The molecule has 0 radical (unpaired) electrons. The number of imidazole rings is 1. The Kier molecular flexibility index (Phi) is 4.31. The van der Waals surface area contributed by atoms with Gasteiger partial charge in [0.05, 0.1) is 33.2 Å². The van der Waals surface area contributed by atoms with Crippen LogP contribution >= 0.6 is 22.9 Å². The van der Waals surface area contributed by atoms with Crippen molar-refractivity contribution in [1.82, 2.24) is 14.4 Å². The lowest BCUT2D eigenvalue weighted by atomic mass is 10.1. The Morgan fingerprint density at radius 3 is 2.72 bits per heavy atom. The van der Waals surface area contributed by atoms with E-state index in [4.69, 9.17) is 11.6 Å². The molecule has 3 rings (SSSR count). The molecule has 0 saturated heterocycles. The lowest BCUT2D eigenvalue weighted by Crippen LogP contribution is -2.06. The maximum Gasteiger partial charge on any atom is 0.417 e. The fourth-order valence-corrected chi connectivity index (χ4v) is 3.48. The SMILES string of the molecule is Cc1cn2c(C=C(C#N)c3ncc(C(F)(F)F)cc3Cl)c(C)nc2s1.